The third kappa shape index (κ3) is 5.06. The molecule has 94 valence electrons. The summed E-state index contributed by atoms with van der Waals surface area (Å²) in [5.74, 6) is -0.0954. The molecule has 1 amide bonds. The number of halogens is 1. The minimum atomic E-state index is -0.0954. The predicted octanol–water partition coefficient (Wildman–Crippen LogP) is 2.68. The number of hydrogen-bond acceptors (Lipinski definition) is 3. The van der Waals surface area contributed by atoms with Crippen molar-refractivity contribution in [2.24, 2.45) is 0 Å². The summed E-state index contributed by atoms with van der Waals surface area (Å²) in [5.41, 5.74) is 6.71. The lowest BCUT2D eigenvalue weighted by molar-refractivity contribution is -0.117. The van der Waals surface area contributed by atoms with Crippen LogP contribution < -0.4 is 11.1 Å². The quantitative estimate of drug-likeness (QED) is 0.608. The summed E-state index contributed by atoms with van der Waals surface area (Å²) in [7, 11) is 0. The second-order valence-corrected chi connectivity index (χ2v) is 4.05. The van der Waals surface area contributed by atoms with E-state index in [2.05, 4.69) is 5.32 Å². The number of carbonyl (C=O) groups excluding carboxylic acids is 1. The second kappa shape index (κ2) is 7.14. The Morgan fingerprint density at radius 1 is 1.47 bits per heavy atom. The van der Waals surface area contributed by atoms with Gasteiger partial charge in [0, 0.05) is 12.3 Å². The highest BCUT2D eigenvalue weighted by molar-refractivity contribution is 6.33. The fraction of sp³-hybridized carbons (Fsp3) is 0.417. The monoisotopic (exact) mass is 256 g/mol. The standard InChI is InChI=1S/C12H17ClN2O2/c1-2-6-17-7-5-12(16)15-9-3-4-11(14)10(13)8-9/h3-4,8H,2,5-7,14H2,1H3,(H,15,16). The van der Waals surface area contributed by atoms with Crippen LogP contribution in [-0.2, 0) is 9.53 Å². The zero-order valence-electron chi connectivity index (χ0n) is 9.83. The molecular formula is C12H17ClN2O2. The number of amides is 1. The van der Waals surface area contributed by atoms with Crippen LogP contribution in [0, 0.1) is 0 Å². The van der Waals surface area contributed by atoms with E-state index in [0.29, 0.717) is 36.0 Å². The molecule has 1 rings (SSSR count). The van der Waals surface area contributed by atoms with Crippen molar-refractivity contribution in [2.45, 2.75) is 19.8 Å². The van der Waals surface area contributed by atoms with Gasteiger partial charge < -0.3 is 15.8 Å². The molecule has 0 saturated carbocycles. The maximum atomic E-state index is 11.5. The minimum Gasteiger partial charge on any atom is -0.398 e. The molecule has 0 aliphatic carbocycles. The van der Waals surface area contributed by atoms with E-state index < -0.39 is 0 Å². The van der Waals surface area contributed by atoms with Crippen LogP contribution in [0.15, 0.2) is 18.2 Å². The summed E-state index contributed by atoms with van der Waals surface area (Å²) < 4.78 is 5.23. The first-order valence-electron chi connectivity index (χ1n) is 5.56. The maximum Gasteiger partial charge on any atom is 0.226 e. The summed E-state index contributed by atoms with van der Waals surface area (Å²) in [4.78, 5) is 11.5. The van der Waals surface area contributed by atoms with Crippen LogP contribution in [0.5, 0.6) is 0 Å². The zero-order chi connectivity index (χ0) is 12.7. The molecule has 5 heteroatoms. The summed E-state index contributed by atoms with van der Waals surface area (Å²) in [5, 5.41) is 3.16. The van der Waals surface area contributed by atoms with Crippen molar-refractivity contribution < 1.29 is 9.53 Å². The minimum absolute atomic E-state index is 0.0954. The van der Waals surface area contributed by atoms with E-state index in [9.17, 15) is 4.79 Å². The largest absolute Gasteiger partial charge is 0.398 e. The van der Waals surface area contributed by atoms with Gasteiger partial charge >= 0.3 is 0 Å². The van der Waals surface area contributed by atoms with E-state index >= 15 is 0 Å². The fourth-order valence-electron chi connectivity index (χ4n) is 1.24. The molecule has 0 aliphatic heterocycles. The van der Waals surface area contributed by atoms with Crippen LogP contribution >= 0.6 is 11.6 Å². The van der Waals surface area contributed by atoms with Gasteiger partial charge in [0.2, 0.25) is 5.91 Å². The molecular weight excluding hydrogens is 240 g/mol. The average Bonchev–Trinajstić information content (AvgIpc) is 2.30. The first-order valence-corrected chi connectivity index (χ1v) is 5.94. The number of benzene rings is 1. The molecule has 0 saturated heterocycles. The van der Waals surface area contributed by atoms with Crippen molar-refractivity contribution in [1.29, 1.82) is 0 Å². The highest BCUT2D eigenvalue weighted by Gasteiger charge is 2.04. The van der Waals surface area contributed by atoms with Gasteiger partial charge in [0.05, 0.1) is 23.7 Å². The highest BCUT2D eigenvalue weighted by Crippen LogP contribution is 2.22. The van der Waals surface area contributed by atoms with E-state index in [1.54, 1.807) is 18.2 Å². The van der Waals surface area contributed by atoms with Gasteiger partial charge in [-0.1, -0.05) is 18.5 Å². The van der Waals surface area contributed by atoms with Gasteiger partial charge in [-0.2, -0.15) is 0 Å². The molecule has 0 aromatic heterocycles. The molecule has 3 N–H and O–H groups in total. The van der Waals surface area contributed by atoms with E-state index in [1.807, 2.05) is 6.92 Å². The van der Waals surface area contributed by atoms with Gasteiger partial charge in [0.1, 0.15) is 0 Å². The molecule has 4 nitrogen and oxygen atoms in total. The van der Waals surface area contributed by atoms with Crippen molar-refractivity contribution in [2.75, 3.05) is 24.3 Å². The Morgan fingerprint density at radius 2 is 2.24 bits per heavy atom. The maximum absolute atomic E-state index is 11.5. The molecule has 1 aromatic rings. The van der Waals surface area contributed by atoms with Crippen molar-refractivity contribution in [3.05, 3.63) is 23.2 Å². The Kier molecular flexibility index (Phi) is 5.80. The van der Waals surface area contributed by atoms with Crippen LogP contribution in [-0.4, -0.2) is 19.1 Å². The zero-order valence-corrected chi connectivity index (χ0v) is 10.6. The summed E-state index contributed by atoms with van der Waals surface area (Å²) in [6.07, 6.45) is 1.29. The Hall–Kier alpha value is -1.26. The molecule has 0 spiro atoms. The van der Waals surface area contributed by atoms with Crippen molar-refractivity contribution in [3.63, 3.8) is 0 Å². The first kappa shape index (κ1) is 13.8. The number of carbonyl (C=O) groups is 1. The van der Waals surface area contributed by atoms with Crippen LogP contribution in [0.25, 0.3) is 0 Å². The molecule has 0 bridgehead atoms. The Morgan fingerprint density at radius 3 is 2.88 bits per heavy atom. The van der Waals surface area contributed by atoms with Gasteiger partial charge in [0.25, 0.3) is 0 Å². The molecule has 0 unspecified atom stereocenters. The van der Waals surface area contributed by atoms with Gasteiger partial charge in [-0.25, -0.2) is 0 Å². The van der Waals surface area contributed by atoms with E-state index in [0.717, 1.165) is 6.42 Å². The molecule has 0 aliphatic rings. The van der Waals surface area contributed by atoms with Crippen molar-refractivity contribution in [3.8, 4) is 0 Å². The number of anilines is 2. The van der Waals surface area contributed by atoms with Crippen LogP contribution in [0.2, 0.25) is 5.02 Å². The number of rotatable bonds is 6. The normalized spacial score (nSPS) is 10.2. The summed E-state index contributed by atoms with van der Waals surface area (Å²) in [6, 6.07) is 5.00. The van der Waals surface area contributed by atoms with Crippen molar-refractivity contribution >= 4 is 28.9 Å². The molecule has 1 aromatic carbocycles. The summed E-state index contributed by atoms with van der Waals surface area (Å²) in [6.45, 7) is 3.14. The second-order valence-electron chi connectivity index (χ2n) is 3.65. The van der Waals surface area contributed by atoms with Crippen LogP contribution in [0.1, 0.15) is 19.8 Å². The summed E-state index contributed by atoms with van der Waals surface area (Å²) >= 11 is 5.84. The lowest BCUT2D eigenvalue weighted by atomic mass is 10.2. The molecule has 0 fully saturated rings. The van der Waals surface area contributed by atoms with Crippen LogP contribution in [0.4, 0.5) is 11.4 Å². The number of nitrogen functional groups attached to an aromatic ring is 1. The van der Waals surface area contributed by atoms with E-state index in [1.165, 1.54) is 0 Å². The van der Waals surface area contributed by atoms with Gasteiger partial charge in [-0.15, -0.1) is 0 Å². The molecule has 17 heavy (non-hydrogen) atoms. The molecule has 0 heterocycles. The number of nitrogens with two attached hydrogens (primary N) is 1. The number of ether oxygens (including phenoxy) is 1. The van der Waals surface area contributed by atoms with Gasteiger partial charge in [0.15, 0.2) is 0 Å². The topological polar surface area (TPSA) is 64.3 Å². The molecule has 0 atom stereocenters. The lowest BCUT2D eigenvalue weighted by Crippen LogP contribution is -2.14. The third-order valence-corrected chi connectivity index (χ3v) is 2.43. The number of nitrogens with one attached hydrogen (secondary N) is 1. The number of hydrogen-bond donors (Lipinski definition) is 2. The van der Waals surface area contributed by atoms with Crippen LogP contribution in [0.3, 0.4) is 0 Å². The lowest BCUT2D eigenvalue weighted by Gasteiger charge is -2.07. The average molecular weight is 257 g/mol. The Balaban J connectivity index is 2.37. The van der Waals surface area contributed by atoms with Gasteiger partial charge in [-0.3, -0.25) is 4.79 Å². The van der Waals surface area contributed by atoms with E-state index in [4.69, 9.17) is 22.1 Å². The predicted molar refractivity (Wildman–Crippen MR) is 70.2 cm³/mol. The Labute approximate surface area is 106 Å². The van der Waals surface area contributed by atoms with Gasteiger partial charge in [-0.05, 0) is 24.6 Å². The smallest absolute Gasteiger partial charge is 0.226 e. The third-order valence-electron chi connectivity index (χ3n) is 2.11. The first-order chi connectivity index (χ1) is 8.13. The molecule has 0 radical (unpaired) electrons. The SMILES string of the molecule is CCCOCCC(=O)Nc1ccc(N)c(Cl)c1. The fourth-order valence-corrected chi connectivity index (χ4v) is 1.42. The van der Waals surface area contributed by atoms with Crippen molar-refractivity contribution in [1.82, 2.24) is 0 Å². The highest BCUT2D eigenvalue weighted by atomic mass is 35.5. The van der Waals surface area contributed by atoms with E-state index in [-0.39, 0.29) is 5.91 Å². The Bertz CT molecular complexity index is 383.